The first-order valence-electron chi connectivity index (χ1n) is 6.93. The van der Waals surface area contributed by atoms with Gasteiger partial charge in [-0.25, -0.2) is 13.1 Å². The van der Waals surface area contributed by atoms with Crippen LogP contribution in [0, 0.1) is 10.1 Å². The normalized spacial score (nSPS) is 11.7. The van der Waals surface area contributed by atoms with Crippen molar-refractivity contribution in [2.75, 3.05) is 6.54 Å². The lowest BCUT2D eigenvalue weighted by Crippen LogP contribution is -2.24. The molecule has 0 saturated heterocycles. The van der Waals surface area contributed by atoms with E-state index in [1.54, 1.807) is 6.08 Å². The molecule has 0 radical (unpaired) electrons. The van der Waals surface area contributed by atoms with Gasteiger partial charge in [0.2, 0.25) is 10.0 Å². The van der Waals surface area contributed by atoms with E-state index in [9.17, 15) is 18.5 Å². The van der Waals surface area contributed by atoms with E-state index in [1.165, 1.54) is 24.3 Å². The summed E-state index contributed by atoms with van der Waals surface area (Å²) < 4.78 is 26.6. The molecule has 0 aromatic heterocycles. The Balaban J connectivity index is 1.98. The molecular formula is C16H16N2O4S. The molecule has 1 N–H and O–H groups in total. The lowest BCUT2D eigenvalue weighted by atomic mass is 10.1. The highest BCUT2D eigenvalue weighted by Gasteiger charge is 2.24. The molecular weight excluding hydrogens is 316 g/mol. The Morgan fingerprint density at radius 1 is 1.00 bits per heavy atom. The second kappa shape index (κ2) is 7.66. The second-order valence-corrected chi connectivity index (χ2v) is 6.47. The summed E-state index contributed by atoms with van der Waals surface area (Å²) in [4.78, 5) is 9.86. The van der Waals surface area contributed by atoms with Crippen molar-refractivity contribution in [2.45, 2.75) is 11.3 Å². The molecule has 0 aliphatic carbocycles. The minimum atomic E-state index is -3.92. The summed E-state index contributed by atoms with van der Waals surface area (Å²) in [6.45, 7) is 0.0707. The lowest BCUT2D eigenvalue weighted by Gasteiger charge is -2.05. The third-order valence-corrected chi connectivity index (χ3v) is 4.58. The van der Waals surface area contributed by atoms with Gasteiger partial charge in [-0.15, -0.1) is 0 Å². The Morgan fingerprint density at radius 3 is 2.35 bits per heavy atom. The van der Waals surface area contributed by atoms with Crippen LogP contribution in [0.5, 0.6) is 0 Å². The molecule has 0 heterocycles. The Kier molecular flexibility index (Phi) is 5.61. The number of nitrogens with zero attached hydrogens (tertiary/aromatic N) is 1. The summed E-state index contributed by atoms with van der Waals surface area (Å²) in [5.74, 6) is 0. The van der Waals surface area contributed by atoms with Crippen molar-refractivity contribution in [1.82, 2.24) is 4.72 Å². The summed E-state index contributed by atoms with van der Waals surface area (Å²) in [6, 6.07) is 15.0. The molecule has 6 nitrogen and oxygen atoms in total. The predicted octanol–water partition coefficient (Wildman–Crippen LogP) is 2.67. The molecule has 2 aromatic rings. The quantitative estimate of drug-likeness (QED) is 0.479. The number of hydrogen-bond acceptors (Lipinski definition) is 4. The fraction of sp³-hybridized carbons (Fsp3) is 0.125. The van der Waals surface area contributed by atoms with Crippen LogP contribution in [0.2, 0.25) is 0 Å². The van der Waals surface area contributed by atoms with Gasteiger partial charge >= 0.3 is 0 Å². The van der Waals surface area contributed by atoms with Gasteiger partial charge in [0.05, 0.1) is 4.92 Å². The van der Waals surface area contributed by atoms with Crippen LogP contribution in [0.15, 0.2) is 71.6 Å². The number of nitro benzene ring substituents is 1. The van der Waals surface area contributed by atoms with E-state index in [0.717, 1.165) is 5.56 Å². The van der Waals surface area contributed by atoms with Crippen LogP contribution in [0.3, 0.4) is 0 Å². The van der Waals surface area contributed by atoms with Gasteiger partial charge in [0.1, 0.15) is 0 Å². The number of para-hydroxylation sites is 1. The van der Waals surface area contributed by atoms with Gasteiger partial charge in [0, 0.05) is 12.6 Å². The number of benzene rings is 2. The molecule has 0 fully saturated rings. The summed E-state index contributed by atoms with van der Waals surface area (Å²) in [6.07, 6.45) is 4.21. The smallest absolute Gasteiger partial charge is 0.258 e. The fourth-order valence-electron chi connectivity index (χ4n) is 1.99. The molecule has 23 heavy (non-hydrogen) atoms. The van der Waals surface area contributed by atoms with Crippen LogP contribution in [-0.4, -0.2) is 19.9 Å². The molecule has 0 unspecified atom stereocenters. The summed E-state index contributed by atoms with van der Waals surface area (Å²) in [5.41, 5.74) is 0.679. The zero-order valence-electron chi connectivity index (χ0n) is 12.3. The van der Waals surface area contributed by atoms with Crippen molar-refractivity contribution in [3.63, 3.8) is 0 Å². The SMILES string of the molecule is O=[N+]([O-])c1ccccc1S(=O)(=O)NCC=CCc1ccccc1. The predicted molar refractivity (Wildman–Crippen MR) is 87.6 cm³/mol. The third kappa shape index (κ3) is 4.73. The minimum absolute atomic E-state index is 0.0707. The van der Waals surface area contributed by atoms with Crippen molar-refractivity contribution in [3.05, 3.63) is 82.4 Å². The van der Waals surface area contributed by atoms with Crippen LogP contribution in [0.4, 0.5) is 5.69 Å². The summed E-state index contributed by atoms with van der Waals surface area (Å²) >= 11 is 0. The number of hydrogen-bond donors (Lipinski definition) is 1. The number of sulfonamides is 1. The molecule has 0 spiro atoms. The number of allylic oxidation sites excluding steroid dienone is 1. The fourth-order valence-corrected chi connectivity index (χ4v) is 3.13. The van der Waals surface area contributed by atoms with Crippen LogP contribution in [-0.2, 0) is 16.4 Å². The average molecular weight is 332 g/mol. The maximum absolute atomic E-state index is 12.1. The van der Waals surface area contributed by atoms with Crippen molar-refractivity contribution in [2.24, 2.45) is 0 Å². The Hall–Kier alpha value is -2.51. The average Bonchev–Trinajstić information content (AvgIpc) is 2.55. The Morgan fingerprint density at radius 2 is 1.65 bits per heavy atom. The van der Waals surface area contributed by atoms with E-state index in [0.29, 0.717) is 6.42 Å². The number of rotatable bonds is 7. The van der Waals surface area contributed by atoms with Gasteiger partial charge in [-0.1, -0.05) is 54.6 Å². The Bertz CT molecular complexity index is 802. The highest BCUT2D eigenvalue weighted by Crippen LogP contribution is 2.22. The van der Waals surface area contributed by atoms with E-state index in [1.807, 2.05) is 36.4 Å². The molecule has 120 valence electrons. The Labute approximate surface area is 134 Å². The third-order valence-electron chi connectivity index (χ3n) is 3.11. The van der Waals surface area contributed by atoms with Crippen molar-refractivity contribution in [3.8, 4) is 0 Å². The molecule has 2 aromatic carbocycles. The summed E-state index contributed by atoms with van der Waals surface area (Å²) in [7, 11) is -3.92. The molecule has 0 amide bonds. The molecule has 7 heteroatoms. The molecule has 2 rings (SSSR count). The van der Waals surface area contributed by atoms with Crippen molar-refractivity contribution in [1.29, 1.82) is 0 Å². The van der Waals surface area contributed by atoms with Crippen molar-refractivity contribution >= 4 is 15.7 Å². The highest BCUT2D eigenvalue weighted by molar-refractivity contribution is 7.89. The van der Waals surface area contributed by atoms with Crippen LogP contribution < -0.4 is 4.72 Å². The highest BCUT2D eigenvalue weighted by atomic mass is 32.2. The molecule has 0 aliphatic rings. The zero-order valence-corrected chi connectivity index (χ0v) is 13.1. The maximum atomic E-state index is 12.1. The van der Waals surface area contributed by atoms with Crippen molar-refractivity contribution < 1.29 is 13.3 Å². The zero-order chi connectivity index (χ0) is 16.7. The van der Waals surface area contributed by atoms with E-state index in [2.05, 4.69) is 4.72 Å². The van der Waals surface area contributed by atoms with Gasteiger partial charge < -0.3 is 0 Å². The van der Waals surface area contributed by atoms with Crippen LogP contribution >= 0.6 is 0 Å². The molecule has 0 atom stereocenters. The van der Waals surface area contributed by atoms with Gasteiger partial charge in [-0.3, -0.25) is 10.1 Å². The van der Waals surface area contributed by atoms with Gasteiger partial charge in [0.15, 0.2) is 4.90 Å². The molecule has 0 saturated carbocycles. The molecule has 0 aliphatic heterocycles. The first-order valence-corrected chi connectivity index (χ1v) is 8.41. The van der Waals surface area contributed by atoms with E-state index in [4.69, 9.17) is 0 Å². The molecule has 0 bridgehead atoms. The summed E-state index contributed by atoms with van der Waals surface area (Å²) in [5, 5.41) is 10.9. The lowest BCUT2D eigenvalue weighted by molar-refractivity contribution is -0.387. The van der Waals surface area contributed by atoms with Crippen LogP contribution in [0.25, 0.3) is 0 Å². The number of nitro groups is 1. The van der Waals surface area contributed by atoms with Crippen LogP contribution in [0.1, 0.15) is 5.56 Å². The maximum Gasteiger partial charge on any atom is 0.289 e. The van der Waals surface area contributed by atoms with E-state index >= 15 is 0 Å². The topological polar surface area (TPSA) is 89.3 Å². The van der Waals surface area contributed by atoms with Gasteiger partial charge in [-0.05, 0) is 18.1 Å². The largest absolute Gasteiger partial charge is 0.289 e. The van der Waals surface area contributed by atoms with Gasteiger partial charge in [0.25, 0.3) is 5.69 Å². The second-order valence-electron chi connectivity index (χ2n) is 4.74. The van der Waals surface area contributed by atoms with E-state index in [-0.39, 0.29) is 11.4 Å². The first-order chi connectivity index (χ1) is 11.0. The van der Waals surface area contributed by atoms with E-state index < -0.39 is 20.6 Å². The van der Waals surface area contributed by atoms with Gasteiger partial charge in [-0.2, -0.15) is 0 Å². The first kappa shape index (κ1) is 16.9. The minimum Gasteiger partial charge on any atom is -0.258 e. The monoisotopic (exact) mass is 332 g/mol. The number of nitrogens with one attached hydrogen (secondary N) is 1. The standard InChI is InChI=1S/C16H16N2O4S/c19-18(20)15-11-4-5-12-16(15)23(21,22)17-13-7-6-10-14-8-2-1-3-9-14/h1-9,11-12,17H,10,13H2.